The van der Waals surface area contributed by atoms with Crippen molar-refractivity contribution in [1.29, 1.82) is 0 Å². The predicted molar refractivity (Wildman–Crippen MR) is 135 cm³/mol. The molecule has 1 fully saturated rings. The number of aliphatic imine (C=N–C) groups is 1. The molecule has 30 heavy (non-hydrogen) atoms. The molecule has 3 rings (SSSR count). The molecule has 0 bridgehead atoms. The summed E-state index contributed by atoms with van der Waals surface area (Å²) in [6.45, 7) is 5.11. The van der Waals surface area contributed by atoms with Gasteiger partial charge in [-0.1, -0.05) is 0 Å². The number of rotatable bonds is 8. The van der Waals surface area contributed by atoms with Gasteiger partial charge in [0.2, 0.25) is 0 Å². The molecule has 1 aromatic heterocycles. The Balaban J connectivity index is 0.00000320. The average molecular weight is 545 g/mol. The molecule has 1 atom stereocenters. The van der Waals surface area contributed by atoms with Gasteiger partial charge in [0.1, 0.15) is 11.5 Å². The summed E-state index contributed by atoms with van der Waals surface area (Å²) >= 11 is 1.74. The first kappa shape index (κ1) is 24.5. The molecule has 0 saturated carbocycles. The molecule has 1 unspecified atom stereocenters. The van der Waals surface area contributed by atoms with E-state index < -0.39 is 0 Å². The lowest BCUT2D eigenvalue weighted by Gasteiger charge is -2.20. The number of hydrogen-bond donors (Lipinski definition) is 2. The van der Waals surface area contributed by atoms with Crippen LogP contribution in [0.25, 0.3) is 0 Å². The van der Waals surface area contributed by atoms with E-state index in [9.17, 15) is 0 Å². The Morgan fingerprint density at radius 2 is 2.03 bits per heavy atom. The van der Waals surface area contributed by atoms with E-state index in [0.29, 0.717) is 0 Å². The van der Waals surface area contributed by atoms with Crippen LogP contribution in [0.2, 0.25) is 0 Å². The van der Waals surface area contributed by atoms with Gasteiger partial charge < -0.3 is 25.0 Å². The summed E-state index contributed by atoms with van der Waals surface area (Å²) in [6, 6.07) is 5.81. The zero-order valence-corrected chi connectivity index (χ0v) is 21.3. The van der Waals surface area contributed by atoms with Gasteiger partial charge in [-0.3, -0.25) is 4.99 Å². The molecule has 1 aliphatic rings. The van der Waals surface area contributed by atoms with Crippen molar-refractivity contribution in [3.05, 3.63) is 34.8 Å². The molecular weight excluding hydrogens is 513 g/mol. The van der Waals surface area contributed by atoms with Crippen molar-refractivity contribution in [3.63, 3.8) is 0 Å². The quantitative estimate of drug-likeness (QED) is 0.299. The number of guanidine groups is 1. The van der Waals surface area contributed by atoms with Crippen molar-refractivity contribution >= 4 is 46.4 Å². The minimum absolute atomic E-state index is 0. The molecule has 166 valence electrons. The fourth-order valence-electron chi connectivity index (χ4n) is 3.43. The van der Waals surface area contributed by atoms with Crippen LogP contribution in [0.3, 0.4) is 0 Å². The van der Waals surface area contributed by atoms with Crippen LogP contribution in [0.4, 0.5) is 5.13 Å². The van der Waals surface area contributed by atoms with E-state index in [1.54, 1.807) is 32.6 Å². The van der Waals surface area contributed by atoms with Gasteiger partial charge in [0.05, 0.1) is 26.0 Å². The summed E-state index contributed by atoms with van der Waals surface area (Å²) in [7, 11) is 5.12. The highest BCUT2D eigenvalue weighted by molar-refractivity contribution is 14.0. The van der Waals surface area contributed by atoms with Crippen molar-refractivity contribution in [2.75, 3.05) is 45.8 Å². The molecule has 1 saturated heterocycles. The van der Waals surface area contributed by atoms with Crippen LogP contribution >= 0.6 is 35.3 Å². The lowest BCUT2D eigenvalue weighted by molar-refractivity contribution is 0.394. The van der Waals surface area contributed by atoms with Gasteiger partial charge in [0, 0.05) is 44.0 Å². The van der Waals surface area contributed by atoms with Crippen molar-refractivity contribution in [2.45, 2.75) is 32.2 Å². The molecule has 0 spiro atoms. The van der Waals surface area contributed by atoms with Crippen molar-refractivity contribution in [3.8, 4) is 11.5 Å². The summed E-state index contributed by atoms with van der Waals surface area (Å²) < 4.78 is 10.8. The number of aromatic nitrogens is 1. The number of halogens is 1. The molecule has 7 nitrogen and oxygen atoms in total. The summed E-state index contributed by atoms with van der Waals surface area (Å²) in [5.74, 6) is 2.37. The van der Waals surface area contributed by atoms with Crippen LogP contribution in [-0.4, -0.2) is 51.8 Å². The summed E-state index contributed by atoms with van der Waals surface area (Å²) in [6.07, 6.45) is 3.41. The molecule has 1 aromatic carbocycles. The summed E-state index contributed by atoms with van der Waals surface area (Å²) in [5.41, 5.74) is 2.15. The number of nitrogens with zero attached hydrogens (tertiary/aromatic N) is 3. The van der Waals surface area contributed by atoms with E-state index in [1.807, 2.05) is 18.2 Å². The number of thiazole rings is 1. The Morgan fingerprint density at radius 3 is 2.70 bits per heavy atom. The fraction of sp³-hybridized carbons (Fsp3) is 0.524. The van der Waals surface area contributed by atoms with Crippen molar-refractivity contribution < 1.29 is 9.47 Å². The van der Waals surface area contributed by atoms with Gasteiger partial charge in [-0.25, -0.2) is 4.98 Å². The largest absolute Gasteiger partial charge is 0.497 e. The Bertz CT molecular complexity index is 823. The first-order valence-electron chi connectivity index (χ1n) is 10.0. The van der Waals surface area contributed by atoms with E-state index in [1.165, 1.54) is 12.8 Å². The Kier molecular flexibility index (Phi) is 9.96. The molecule has 0 aliphatic carbocycles. The standard InChI is InChI=1S/C21H31N5O2S.HI/c1-15(18-13-17(27-3)7-8-19(18)28-4)24-20(22-2)23-10-9-16-14-29-21(25-16)26-11-5-6-12-26;/h7-8,13-15H,5-6,9-12H2,1-4H3,(H2,22,23,24);1H. The first-order chi connectivity index (χ1) is 14.1. The van der Waals surface area contributed by atoms with E-state index in [0.717, 1.165) is 59.9 Å². The third kappa shape index (κ3) is 6.37. The van der Waals surface area contributed by atoms with Crippen molar-refractivity contribution in [2.24, 2.45) is 4.99 Å². The highest BCUT2D eigenvalue weighted by atomic mass is 127. The zero-order valence-electron chi connectivity index (χ0n) is 18.1. The lowest BCUT2D eigenvalue weighted by atomic mass is 10.1. The summed E-state index contributed by atoms with van der Waals surface area (Å²) in [4.78, 5) is 11.5. The first-order valence-corrected chi connectivity index (χ1v) is 10.9. The van der Waals surface area contributed by atoms with Crippen LogP contribution in [0, 0.1) is 0 Å². The number of nitrogens with one attached hydrogen (secondary N) is 2. The molecular formula is C21H32IN5O2S. The maximum atomic E-state index is 5.50. The van der Waals surface area contributed by atoms with Crippen LogP contribution in [0.1, 0.15) is 37.1 Å². The van der Waals surface area contributed by atoms with Gasteiger partial charge in [-0.2, -0.15) is 0 Å². The van der Waals surface area contributed by atoms with Crippen LogP contribution in [-0.2, 0) is 6.42 Å². The average Bonchev–Trinajstić information content (AvgIpc) is 3.44. The number of hydrogen-bond acceptors (Lipinski definition) is 6. The maximum Gasteiger partial charge on any atom is 0.191 e. The Labute approximate surface area is 200 Å². The normalized spacial score (nSPS) is 14.8. The smallest absolute Gasteiger partial charge is 0.191 e. The topological polar surface area (TPSA) is 71.0 Å². The second-order valence-electron chi connectivity index (χ2n) is 7.04. The Hall–Kier alpha value is -1.75. The van der Waals surface area contributed by atoms with Gasteiger partial charge >= 0.3 is 0 Å². The van der Waals surface area contributed by atoms with E-state index >= 15 is 0 Å². The second-order valence-corrected chi connectivity index (χ2v) is 7.88. The maximum absolute atomic E-state index is 5.50. The van der Waals surface area contributed by atoms with E-state index in [-0.39, 0.29) is 30.0 Å². The fourth-order valence-corrected chi connectivity index (χ4v) is 4.34. The number of benzene rings is 1. The highest BCUT2D eigenvalue weighted by Gasteiger charge is 2.16. The number of anilines is 1. The monoisotopic (exact) mass is 545 g/mol. The third-order valence-corrected chi connectivity index (χ3v) is 6.02. The van der Waals surface area contributed by atoms with Gasteiger partial charge in [-0.15, -0.1) is 35.3 Å². The molecule has 2 aromatic rings. The molecule has 2 heterocycles. The lowest BCUT2D eigenvalue weighted by Crippen LogP contribution is -2.39. The highest BCUT2D eigenvalue weighted by Crippen LogP contribution is 2.29. The SMILES string of the molecule is CN=C(NCCc1csc(N2CCCC2)n1)NC(C)c1cc(OC)ccc1OC.I. The van der Waals surface area contributed by atoms with Gasteiger partial charge in [0.15, 0.2) is 11.1 Å². The molecule has 0 amide bonds. The van der Waals surface area contributed by atoms with Crippen LogP contribution < -0.4 is 25.0 Å². The second kappa shape index (κ2) is 12.2. The molecule has 9 heteroatoms. The molecule has 0 radical (unpaired) electrons. The van der Waals surface area contributed by atoms with E-state index in [4.69, 9.17) is 14.5 Å². The zero-order chi connectivity index (χ0) is 20.6. The van der Waals surface area contributed by atoms with E-state index in [2.05, 4.69) is 32.8 Å². The van der Waals surface area contributed by atoms with Crippen molar-refractivity contribution in [1.82, 2.24) is 15.6 Å². The Morgan fingerprint density at radius 1 is 1.27 bits per heavy atom. The molecule has 1 aliphatic heterocycles. The number of methoxy groups -OCH3 is 2. The van der Waals surface area contributed by atoms with Crippen LogP contribution in [0.15, 0.2) is 28.6 Å². The van der Waals surface area contributed by atoms with Gasteiger partial charge in [0.25, 0.3) is 0 Å². The third-order valence-electron chi connectivity index (χ3n) is 5.07. The molecule has 2 N–H and O–H groups in total. The predicted octanol–water partition coefficient (Wildman–Crippen LogP) is 3.85. The van der Waals surface area contributed by atoms with Crippen LogP contribution in [0.5, 0.6) is 11.5 Å². The minimum atomic E-state index is 0. The van der Waals surface area contributed by atoms with Gasteiger partial charge in [-0.05, 0) is 38.0 Å². The number of ether oxygens (including phenoxy) is 2. The summed E-state index contributed by atoms with van der Waals surface area (Å²) in [5, 5.41) is 10.1. The minimum Gasteiger partial charge on any atom is -0.497 e.